The van der Waals surface area contributed by atoms with E-state index in [1.807, 2.05) is 47.9 Å². The number of hydrogen-bond acceptors (Lipinski definition) is 3. The van der Waals surface area contributed by atoms with Gasteiger partial charge in [-0.3, -0.25) is 9.58 Å². The Hall–Kier alpha value is -1.52. The van der Waals surface area contributed by atoms with Crippen molar-refractivity contribution in [1.29, 1.82) is 0 Å². The van der Waals surface area contributed by atoms with Crippen molar-refractivity contribution < 1.29 is 9.53 Å². The first-order valence-electron chi connectivity index (χ1n) is 5.75. The molecule has 0 aliphatic heterocycles. The first kappa shape index (κ1) is 13.5. The van der Waals surface area contributed by atoms with Crippen molar-refractivity contribution in [3.8, 4) is 0 Å². The maximum Gasteiger partial charge on any atom is 0.416 e. The summed E-state index contributed by atoms with van der Waals surface area (Å²) in [5, 5.41) is 4.27. The van der Waals surface area contributed by atoms with Gasteiger partial charge in [0.1, 0.15) is 5.60 Å². The number of rotatable bonds is 2. The molecule has 0 spiro atoms. The van der Waals surface area contributed by atoms with Crippen molar-refractivity contribution in [2.45, 2.75) is 40.2 Å². The minimum Gasteiger partial charge on any atom is -0.443 e. The second kappa shape index (κ2) is 4.77. The molecule has 1 rings (SSSR count). The molecular weight excluding hydrogens is 218 g/mol. The lowest BCUT2D eigenvalue weighted by atomic mass is 10.2. The van der Waals surface area contributed by atoms with Crippen molar-refractivity contribution in [3.05, 3.63) is 11.8 Å². The van der Waals surface area contributed by atoms with E-state index in [4.69, 9.17) is 4.74 Å². The molecular formula is C12H21N3O2. The quantitative estimate of drug-likeness (QED) is 0.796. The van der Waals surface area contributed by atoms with Crippen LogP contribution in [0, 0.1) is 6.92 Å². The van der Waals surface area contributed by atoms with Crippen LogP contribution in [0.1, 0.15) is 33.3 Å². The third-order valence-corrected chi connectivity index (χ3v) is 2.17. The molecule has 0 aromatic carbocycles. The molecule has 17 heavy (non-hydrogen) atoms. The Morgan fingerprint density at radius 1 is 1.53 bits per heavy atom. The molecule has 5 heteroatoms. The van der Waals surface area contributed by atoms with Gasteiger partial charge in [-0.05, 0) is 34.6 Å². The van der Waals surface area contributed by atoms with Crippen LogP contribution < -0.4 is 4.90 Å². The third-order valence-electron chi connectivity index (χ3n) is 2.17. The van der Waals surface area contributed by atoms with Gasteiger partial charge in [0.05, 0.1) is 0 Å². The average molecular weight is 239 g/mol. The van der Waals surface area contributed by atoms with E-state index < -0.39 is 5.60 Å². The number of aryl methyl sites for hydroxylation is 2. The Morgan fingerprint density at radius 3 is 2.47 bits per heavy atom. The first-order valence-corrected chi connectivity index (χ1v) is 5.75. The van der Waals surface area contributed by atoms with Crippen LogP contribution in [0.2, 0.25) is 0 Å². The number of nitrogens with zero attached hydrogens (tertiary/aromatic N) is 3. The van der Waals surface area contributed by atoms with Gasteiger partial charge in [-0.2, -0.15) is 5.10 Å². The number of carbonyl (C=O) groups excluding carboxylic acids is 1. The van der Waals surface area contributed by atoms with Crippen LogP contribution in [0.4, 0.5) is 10.6 Å². The van der Waals surface area contributed by atoms with Gasteiger partial charge in [0.15, 0.2) is 5.82 Å². The molecule has 1 aromatic heterocycles. The van der Waals surface area contributed by atoms with Gasteiger partial charge >= 0.3 is 6.09 Å². The lowest BCUT2D eigenvalue weighted by molar-refractivity contribution is 0.0581. The Labute approximate surface area is 102 Å². The van der Waals surface area contributed by atoms with Crippen LogP contribution in [-0.2, 0) is 11.8 Å². The minimum absolute atomic E-state index is 0.359. The van der Waals surface area contributed by atoms with Crippen LogP contribution >= 0.6 is 0 Å². The van der Waals surface area contributed by atoms with E-state index in [0.29, 0.717) is 12.4 Å². The molecule has 0 atom stereocenters. The second-order valence-electron chi connectivity index (χ2n) is 5.03. The van der Waals surface area contributed by atoms with Crippen LogP contribution in [-0.4, -0.2) is 28.0 Å². The number of aromatic nitrogens is 2. The maximum atomic E-state index is 12.0. The van der Waals surface area contributed by atoms with E-state index >= 15 is 0 Å². The highest BCUT2D eigenvalue weighted by molar-refractivity contribution is 5.87. The largest absolute Gasteiger partial charge is 0.443 e. The van der Waals surface area contributed by atoms with Crippen molar-refractivity contribution in [2.24, 2.45) is 7.05 Å². The predicted molar refractivity (Wildman–Crippen MR) is 67.2 cm³/mol. The summed E-state index contributed by atoms with van der Waals surface area (Å²) in [6.07, 6.45) is 1.52. The van der Waals surface area contributed by atoms with Crippen LogP contribution in [0.15, 0.2) is 6.20 Å². The summed E-state index contributed by atoms with van der Waals surface area (Å²) in [4.78, 5) is 13.5. The highest BCUT2D eigenvalue weighted by Gasteiger charge is 2.24. The fraction of sp³-hybridized carbons (Fsp3) is 0.667. The minimum atomic E-state index is -0.493. The standard InChI is InChI=1S/C12H21N3O2/c1-7-15(11(16)17-12(3,4)5)10-9(2)8-14(6)13-10/h8H,7H2,1-6H3. The molecule has 0 fully saturated rings. The Bertz CT molecular complexity index is 404. The summed E-state index contributed by atoms with van der Waals surface area (Å²) >= 11 is 0. The second-order valence-corrected chi connectivity index (χ2v) is 5.03. The van der Waals surface area contributed by atoms with Crippen molar-refractivity contribution in [2.75, 3.05) is 11.4 Å². The van der Waals surface area contributed by atoms with Gasteiger partial charge in [-0.1, -0.05) is 0 Å². The zero-order chi connectivity index (χ0) is 13.2. The van der Waals surface area contributed by atoms with Crippen LogP contribution in [0.25, 0.3) is 0 Å². The van der Waals surface area contributed by atoms with Gasteiger partial charge in [0.25, 0.3) is 0 Å². The topological polar surface area (TPSA) is 47.4 Å². The van der Waals surface area contributed by atoms with Crippen molar-refractivity contribution in [1.82, 2.24) is 9.78 Å². The van der Waals surface area contributed by atoms with Crippen LogP contribution in [0.3, 0.4) is 0 Å². The van der Waals surface area contributed by atoms with Gasteiger partial charge < -0.3 is 4.74 Å². The van der Waals surface area contributed by atoms with Crippen molar-refractivity contribution in [3.63, 3.8) is 0 Å². The molecule has 0 saturated carbocycles. The number of ether oxygens (including phenoxy) is 1. The Morgan fingerprint density at radius 2 is 2.12 bits per heavy atom. The molecule has 0 unspecified atom stereocenters. The average Bonchev–Trinajstić information content (AvgIpc) is 2.43. The molecule has 0 aliphatic rings. The summed E-state index contributed by atoms with van der Waals surface area (Å²) < 4.78 is 7.04. The van der Waals surface area contributed by atoms with Crippen LogP contribution in [0.5, 0.6) is 0 Å². The lowest BCUT2D eigenvalue weighted by Gasteiger charge is -2.25. The Kier molecular flexibility index (Phi) is 3.80. The summed E-state index contributed by atoms with van der Waals surface area (Å²) in [5.74, 6) is 0.657. The van der Waals surface area contributed by atoms with Gasteiger partial charge in [-0.15, -0.1) is 0 Å². The summed E-state index contributed by atoms with van der Waals surface area (Å²) in [6, 6.07) is 0. The molecule has 5 nitrogen and oxygen atoms in total. The van der Waals surface area contributed by atoms with E-state index in [2.05, 4.69) is 5.10 Å². The molecule has 1 heterocycles. The SMILES string of the molecule is CCN(C(=O)OC(C)(C)C)c1nn(C)cc1C. The molecule has 0 aliphatic carbocycles. The van der Waals surface area contributed by atoms with Gasteiger partial charge in [-0.25, -0.2) is 4.79 Å². The molecule has 1 amide bonds. The highest BCUT2D eigenvalue weighted by Crippen LogP contribution is 2.19. The zero-order valence-corrected chi connectivity index (χ0v) is 11.4. The number of carbonyl (C=O) groups is 1. The smallest absolute Gasteiger partial charge is 0.416 e. The van der Waals surface area contributed by atoms with Crippen molar-refractivity contribution >= 4 is 11.9 Å². The number of anilines is 1. The monoisotopic (exact) mass is 239 g/mol. The molecule has 0 saturated heterocycles. The van der Waals surface area contributed by atoms with E-state index in [1.54, 1.807) is 9.58 Å². The first-order chi connectivity index (χ1) is 7.74. The van der Waals surface area contributed by atoms with E-state index in [-0.39, 0.29) is 6.09 Å². The normalized spacial score (nSPS) is 11.4. The fourth-order valence-electron chi connectivity index (χ4n) is 1.54. The summed E-state index contributed by atoms with van der Waals surface area (Å²) in [7, 11) is 1.83. The van der Waals surface area contributed by atoms with Gasteiger partial charge in [0.2, 0.25) is 0 Å². The molecule has 96 valence electrons. The van der Waals surface area contributed by atoms with E-state index in [1.165, 1.54) is 0 Å². The molecule has 0 radical (unpaired) electrons. The van der Waals surface area contributed by atoms with Gasteiger partial charge in [0, 0.05) is 25.4 Å². The maximum absolute atomic E-state index is 12.0. The highest BCUT2D eigenvalue weighted by atomic mass is 16.6. The molecule has 0 bridgehead atoms. The Balaban J connectivity index is 2.92. The van der Waals surface area contributed by atoms with E-state index in [0.717, 1.165) is 5.56 Å². The molecule has 0 N–H and O–H groups in total. The summed E-state index contributed by atoms with van der Waals surface area (Å²) in [6.45, 7) is 9.91. The third kappa shape index (κ3) is 3.47. The van der Waals surface area contributed by atoms with E-state index in [9.17, 15) is 4.79 Å². The summed E-state index contributed by atoms with van der Waals surface area (Å²) in [5.41, 5.74) is 0.466. The number of amides is 1. The predicted octanol–water partition coefficient (Wildman–Crippen LogP) is 2.49. The number of hydrogen-bond donors (Lipinski definition) is 0. The zero-order valence-electron chi connectivity index (χ0n) is 11.4. The molecule has 1 aromatic rings. The lowest BCUT2D eigenvalue weighted by Crippen LogP contribution is -2.37. The fourth-order valence-corrected chi connectivity index (χ4v) is 1.54.